The highest BCUT2D eigenvalue weighted by Gasteiger charge is 2.20. The lowest BCUT2D eigenvalue weighted by Crippen LogP contribution is -2.48. The summed E-state index contributed by atoms with van der Waals surface area (Å²) in [6.45, 7) is 2.99. The van der Waals surface area contributed by atoms with Gasteiger partial charge < -0.3 is 10.2 Å². The minimum Gasteiger partial charge on any atom is -0.369 e. The fourth-order valence-electron chi connectivity index (χ4n) is 2.90. The third-order valence-corrected chi connectivity index (χ3v) is 4.31. The number of non-ortho nitro benzene ring substituents is 1. The van der Waals surface area contributed by atoms with Crippen LogP contribution in [-0.2, 0) is 4.79 Å². The lowest BCUT2D eigenvalue weighted by Gasteiger charge is -2.35. The molecule has 1 heterocycles. The molecule has 7 nitrogen and oxygen atoms in total. The number of halogens is 1. The van der Waals surface area contributed by atoms with E-state index in [9.17, 15) is 19.3 Å². The summed E-state index contributed by atoms with van der Waals surface area (Å²) in [5, 5.41) is 13.3. The quantitative estimate of drug-likeness (QED) is 0.656. The van der Waals surface area contributed by atoms with Crippen LogP contribution < -0.4 is 10.2 Å². The van der Waals surface area contributed by atoms with E-state index in [1.165, 1.54) is 24.3 Å². The van der Waals surface area contributed by atoms with Crippen LogP contribution in [0.25, 0.3) is 0 Å². The number of nitrogens with zero attached hydrogens (tertiary/aromatic N) is 3. The maximum Gasteiger partial charge on any atom is 0.269 e. The topological polar surface area (TPSA) is 78.7 Å². The van der Waals surface area contributed by atoms with Gasteiger partial charge in [0.25, 0.3) is 5.69 Å². The minimum atomic E-state index is -0.455. The Balaban J connectivity index is 1.49. The van der Waals surface area contributed by atoms with Gasteiger partial charge in [-0.25, -0.2) is 4.39 Å². The molecule has 0 bridgehead atoms. The lowest BCUT2D eigenvalue weighted by molar-refractivity contribution is -0.384. The lowest BCUT2D eigenvalue weighted by atomic mass is 10.2. The average Bonchev–Trinajstić information content (AvgIpc) is 2.64. The highest BCUT2D eigenvalue weighted by Crippen LogP contribution is 2.20. The van der Waals surface area contributed by atoms with Gasteiger partial charge in [0.1, 0.15) is 5.82 Å². The number of nitrogens with one attached hydrogen (secondary N) is 1. The Morgan fingerprint density at radius 2 is 1.73 bits per heavy atom. The monoisotopic (exact) mass is 358 g/mol. The zero-order valence-corrected chi connectivity index (χ0v) is 14.1. The SMILES string of the molecule is O=C(CN1CCN(c2ccc([N+](=O)[O-])cc2)CC1)Nc1ccccc1F. The number of anilines is 2. The Morgan fingerprint density at radius 1 is 1.08 bits per heavy atom. The average molecular weight is 358 g/mol. The largest absolute Gasteiger partial charge is 0.369 e. The zero-order valence-electron chi connectivity index (χ0n) is 14.1. The summed E-state index contributed by atoms with van der Waals surface area (Å²) in [7, 11) is 0. The van der Waals surface area contributed by atoms with Crippen molar-refractivity contribution in [2.75, 3.05) is 42.9 Å². The van der Waals surface area contributed by atoms with Crippen molar-refractivity contribution in [1.82, 2.24) is 4.90 Å². The van der Waals surface area contributed by atoms with Gasteiger partial charge in [-0.3, -0.25) is 19.8 Å². The van der Waals surface area contributed by atoms with Crippen LogP contribution >= 0.6 is 0 Å². The minimum absolute atomic E-state index is 0.0669. The van der Waals surface area contributed by atoms with E-state index in [2.05, 4.69) is 10.2 Å². The van der Waals surface area contributed by atoms with E-state index in [1.54, 1.807) is 24.3 Å². The zero-order chi connectivity index (χ0) is 18.5. The molecule has 0 aliphatic carbocycles. The van der Waals surface area contributed by atoms with Gasteiger partial charge >= 0.3 is 0 Å². The summed E-state index contributed by atoms with van der Waals surface area (Å²) < 4.78 is 13.6. The highest BCUT2D eigenvalue weighted by atomic mass is 19.1. The number of para-hydroxylation sites is 1. The smallest absolute Gasteiger partial charge is 0.269 e. The fraction of sp³-hybridized carbons (Fsp3) is 0.278. The van der Waals surface area contributed by atoms with Gasteiger partial charge in [-0.2, -0.15) is 0 Å². The van der Waals surface area contributed by atoms with Crippen LogP contribution in [-0.4, -0.2) is 48.5 Å². The van der Waals surface area contributed by atoms with Crippen molar-refractivity contribution in [1.29, 1.82) is 0 Å². The first-order valence-corrected chi connectivity index (χ1v) is 8.29. The number of amides is 1. The van der Waals surface area contributed by atoms with Crippen molar-refractivity contribution in [3.8, 4) is 0 Å². The molecule has 0 radical (unpaired) electrons. The maximum atomic E-state index is 13.6. The van der Waals surface area contributed by atoms with E-state index in [0.717, 1.165) is 5.69 Å². The maximum absolute atomic E-state index is 13.6. The number of rotatable bonds is 5. The summed E-state index contributed by atoms with van der Waals surface area (Å²) in [4.78, 5) is 26.5. The molecule has 0 spiro atoms. The summed E-state index contributed by atoms with van der Waals surface area (Å²) in [5.41, 5.74) is 1.17. The summed E-state index contributed by atoms with van der Waals surface area (Å²) >= 11 is 0. The molecular weight excluding hydrogens is 339 g/mol. The number of piperazine rings is 1. The van der Waals surface area contributed by atoms with Gasteiger partial charge in [0, 0.05) is 44.0 Å². The number of benzene rings is 2. The molecule has 1 N–H and O–H groups in total. The van der Waals surface area contributed by atoms with Crippen LogP contribution in [0.1, 0.15) is 0 Å². The fourth-order valence-corrected chi connectivity index (χ4v) is 2.90. The molecule has 1 aliphatic heterocycles. The molecule has 136 valence electrons. The second-order valence-corrected chi connectivity index (χ2v) is 6.06. The first-order chi connectivity index (χ1) is 12.5. The number of carbonyl (C=O) groups excluding carboxylic acids is 1. The Bertz CT molecular complexity index is 789. The number of nitro groups is 1. The van der Waals surface area contributed by atoms with Crippen LogP contribution in [0.2, 0.25) is 0 Å². The van der Waals surface area contributed by atoms with Crippen molar-refractivity contribution in [2.45, 2.75) is 0 Å². The number of carbonyl (C=O) groups is 1. The third-order valence-electron chi connectivity index (χ3n) is 4.31. The summed E-state index contributed by atoms with van der Waals surface area (Å²) in [6, 6.07) is 12.5. The van der Waals surface area contributed by atoms with E-state index in [-0.39, 0.29) is 23.8 Å². The van der Waals surface area contributed by atoms with E-state index in [1.807, 2.05) is 4.90 Å². The van der Waals surface area contributed by atoms with E-state index in [4.69, 9.17) is 0 Å². The standard InChI is InChI=1S/C18H19FN4O3/c19-16-3-1-2-4-17(16)20-18(24)13-21-9-11-22(12-10-21)14-5-7-15(8-6-14)23(25)26/h1-8H,9-13H2,(H,20,24). The molecule has 0 saturated carbocycles. The predicted octanol–water partition coefficient (Wildman–Crippen LogP) is 2.49. The molecule has 0 unspecified atom stereocenters. The molecule has 0 atom stereocenters. The van der Waals surface area contributed by atoms with E-state index in [0.29, 0.717) is 26.2 Å². The molecule has 1 saturated heterocycles. The van der Waals surface area contributed by atoms with E-state index >= 15 is 0 Å². The van der Waals surface area contributed by atoms with Crippen LogP contribution in [0.3, 0.4) is 0 Å². The van der Waals surface area contributed by atoms with Gasteiger partial charge in [0.05, 0.1) is 17.2 Å². The van der Waals surface area contributed by atoms with Gasteiger partial charge in [0.2, 0.25) is 5.91 Å². The van der Waals surface area contributed by atoms with Crippen molar-refractivity contribution in [3.05, 3.63) is 64.5 Å². The Morgan fingerprint density at radius 3 is 2.35 bits per heavy atom. The number of hydrogen-bond acceptors (Lipinski definition) is 5. The van der Waals surface area contributed by atoms with E-state index < -0.39 is 10.7 Å². The molecule has 1 amide bonds. The van der Waals surface area contributed by atoms with Crippen molar-refractivity contribution in [2.24, 2.45) is 0 Å². The molecule has 0 aromatic heterocycles. The summed E-state index contributed by atoms with van der Waals surface area (Å²) in [6.07, 6.45) is 0. The van der Waals surface area contributed by atoms with Gasteiger partial charge in [-0.15, -0.1) is 0 Å². The molecule has 1 fully saturated rings. The van der Waals surface area contributed by atoms with Gasteiger partial charge in [-0.1, -0.05) is 12.1 Å². The number of nitro benzene ring substituents is 1. The number of hydrogen-bond donors (Lipinski definition) is 1. The van der Waals surface area contributed by atoms with Crippen molar-refractivity contribution >= 4 is 23.0 Å². The normalized spacial score (nSPS) is 14.9. The second-order valence-electron chi connectivity index (χ2n) is 6.06. The molecule has 1 aliphatic rings. The van der Waals surface area contributed by atoms with Gasteiger partial charge in [-0.05, 0) is 24.3 Å². The second kappa shape index (κ2) is 7.92. The Kier molecular flexibility index (Phi) is 5.43. The third kappa shape index (κ3) is 4.34. The van der Waals surface area contributed by atoms with Crippen molar-refractivity contribution in [3.63, 3.8) is 0 Å². The molecule has 3 rings (SSSR count). The molecular formula is C18H19FN4O3. The highest BCUT2D eigenvalue weighted by molar-refractivity contribution is 5.92. The van der Waals surface area contributed by atoms with Crippen LogP contribution in [0.4, 0.5) is 21.5 Å². The van der Waals surface area contributed by atoms with Crippen LogP contribution in [0.15, 0.2) is 48.5 Å². The molecule has 2 aromatic carbocycles. The van der Waals surface area contributed by atoms with Crippen LogP contribution in [0, 0.1) is 15.9 Å². The Labute approximate surface area is 150 Å². The van der Waals surface area contributed by atoms with Crippen LogP contribution in [0.5, 0.6) is 0 Å². The first kappa shape index (κ1) is 17.8. The molecule has 26 heavy (non-hydrogen) atoms. The predicted molar refractivity (Wildman–Crippen MR) is 96.8 cm³/mol. The van der Waals surface area contributed by atoms with Gasteiger partial charge in [0.15, 0.2) is 0 Å². The molecule has 8 heteroatoms. The Hall–Kier alpha value is -3.00. The van der Waals surface area contributed by atoms with Crippen molar-refractivity contribution < 1.29 is 14.1 Å². The molecule has 2 aromatic rings. The first-order valence-electron chi connectivity index (χ1n) is 8.29. The summed E-state index contributed by atoms with van der Waals surface area (Å²) in [5.74, 6) is -0.706.